The van der Waals surface area contributed by atoms with Crippen LogP contribution in [-0.4, -0.2) is 50.3 Å². The molecule has 4 rings (SSSR count). The third kappa shape index (κ3) is 5.24. The summed E-state index contributed by atoms with van der Waals surface area (Å²) in [5.41, 5.74) is 2.31. The van der Waals surface area contributed by atoms with Crippen molar-refractivity contribution in [2.45, 2.75) is 64.1 Å². The van der Waals surface area contributed by atoms with Gasteiger partial charge < -0.3 is 19.5 Å². The molecule has 0 aliphatic heterocycles. The Hall–Kier alpha value is -2.80. The molecule has 0 unspecified atom stereocenters. The van der Waals surface area contributed by atoms with E-state index in [1.54, 1.807) is 11.1 Å². The Bertz CT molecular complexity index is 1150. The zero-order valence-corrected chi connectivity index (χ0v) is 20.7. The molecule has 3 aromatic rings. The van der Waals surface area contributed by atoms with Gasteiger partial charge in [-0.3, -0.25) is 0 Å². The first-order chi connectivity index (χ1) is 15.6. The van der Waals surface area contributed by atoms with Crippen LogP contribution >= 0.6 is 11.6 Å². The number of aromatic nitrogens is 3. The van der Waals surface area contributed by atoms with Gasteiger partial charge in [-0.15, -0.1) is 0 Å². The van der Waals surface area contributed by atoms with Gasteiger partial charge in [-0.25, -0.2) is 14.8 Å². The number of fused-ring (bicyclic) bond motifs is 1. The van der Waals surface area contributed by atoms with E-state index >= 15 is 0 Å². The second kappa shape index (κ2) is 9.21. The van der Waals surface area contributed by atoms with E-state index in [0.29, 0.717) is 16.7 Å². The Labute approximate surface area is 200 Å². The van der Waals surface area contributed by atoms with Crippen LogP contribution in [0.5, 0.6) is 0 Å². The Morgan fingerprint density at radius 3 is 2.79 bits per heavy atom. The summed E-state index contributed by atoms with van der Waals surface area (Å²) in [7, 11) is 3.84. The third-order valence-corrected chi connectivity index (χ3v) is 6.38. The molecule has 8 heteroatoms. The average molecular weight is 470 g/mol. The van der Waals surface area contributed by atoms with E-state index in [0.717, 1.165) is 42.1 Å². The first-order valence-electron chi connectivity index (χ1n) is 11.4. The number of hydrogen-bond acceptors (Lipinski definition) is 5. The molecular weight excluding hydrogens is 438 g/mol. The van der Waals surface area contributed by atoms with Gasteiger partial charge in [-0.2, -0.15) is 0 Å². The molecule has 1 N–H and O–H groups in total. The zero-order chi connectivity index (χ0) is 23.8. The molecule has 7 nitrogen and oxygen atoms in total. The molecule has 2 atom stereocenters. The number of amides is 1. The van der Waals surface area contributed by atoms with Crippen LogP contribution in [0.2, 0.25) is 5.02 Å². The van der Waals surface area contributed by atoms with Crippen molar-refractivity contribution >= 4 is 34.5 Å². The van der Waals surface area contributed by atoms with Gasteiger partial charge in [0.2, 0.25) is 5.95 Å². The Morgan fingerprint density at radius 1 is 1.27 bits per heavy atom. The number of ether oxygens (including phenoxy) is 1. The van der Waals surface area contributed by atoms with Gasteiger partial charge in [0.25, 0.3) is 0 Å². The fraction of sp³-hybridized carbons (Fsp3) is 0.480. The molecule has 0 spiro atoms. The second-order valence-corrected chi connectivity index (χ2v) is 10.2. The van der Waals surface area contributed by atoms with Crippen LogP contribution in [0, 0.1) is 0 Å². The van der Waals surface area contributed by atoms with Crippen LogP contribution in [0.25, 0.3) is 22.2 Å². The Balaban J connectivity index is 1.51. The lowest BCUT2D eigenvalue weighted by atomic mass is 9.90. The summed E-state index contributed by atoms with van der Waals surface area (Å²) in [5, 5.41) is 5.10. The highest BCUT2D eigenvalue weighted by Crippen LogP contribution is 2.34. The minimum atomic E-state index is -0.507. The number of hydrogen-bond donors (Lipinski definition) is 1. The number of nitrogens with zero attached hydrogens (tertiary/aromatic N) is 4. The lowest BCUT2D eigenvalue weighted by Gasteiger charge is -2.36. The van der Waals surface area contributed by atoms with E-state index in [-0.39, 0.29) is 18.2 Å². The first-order valence-corrected chi connectivity index (χ1v) is 11.8. The molecule has 176 valence electrons. The summed E-state index contributed by atoms with van der Waals surface area (Å²) in [6.45, 7) is 5.65. The molecule has 0 radical (unpaired) electrons. The minimum Gasteiger partial charge on any atom is -0.444 e. The van der Waals surface area contributed by atoms with Crippen LogP contribution in [-0.2, 0) is 11.8 Å². The number of anilines is 1. The van der Waals surface area contributed by atoms with Crippen LogP contribution in [0.3, 0.4) is 0 Å². The fourth-order valence-corrected chi connectivity index (χ4v) is 4.66. The maximum Gasteiger partial charge on any atom is 0.410 e. The number of carbonyl (C=O) groups is 1. The van der Waals surface area contributed by atoms with Gasteiger partial charge in [0, 0.05) is 48.8 Å². The van der Waals surface area contributed by atoms with E-state index < -0.39 is 5.60 Å². The molecule has 1 saturated carbocycles. The normalized spacial score (nSPS) is 18.8. The summed E-state index contributed by atoms with van der Waals surface area (Å²) < 4.78 is 7.62. The number of rotatable bonds is 4. The highest BCUT2D eigenvalue weighted by atomic mass is 35.5. The maximum atomic E-state index is 12.5. The minimum absolute atomic E-state index is 0.107. The van der Waals surface area contributed by atoms with Crippen molar-refractivity contribution in [1.29, 1.82) is 0 Å². The topological polar surface area (TPSA) is 72.3 Å². The molecule has 0 bridgehead atoms. The van der Waals surface area contributed by atoms with E-state index in [1.807, 2.05) is 47.0 Å². The Morgan fingerprint density at radius 2 is 2.03 bits per heavy atom. The van der Waals surface area contributed by atoms with E-state index in [9.17, 15) is 4.79 Å². The SMILES string of the molecule is CN(C(=O)OC(C)(C)C)[C@H]1CCC[C@@H](Nc2ncc(Cl)c(-c3cn(C)c4ccccc34)n2)C1. The molecule has 1 aliphatic rings. The monoisotopic (exact) mass is 469 g/mol. The summed E-state index contributed by atoms with van der Waals surface area (Å²) in [6, 6.07) is 8.47. The predicted molar refractivity (Wildman–Crippen MR) is 133 cm³/mol. The van der Waals surface area contributed by atoms with Gasteiger partial charge in [0.1, 0.15) is 5.60 Å². The summed E-state index contributed by atoms with van der Waals surface area (Å²) >= 11 is 6.52. The zero-order valence-electron chi connectivity index (χ0n) is 19.9. The van der Waals surface area contributed by atoms with Crippen LogP contribution < -0.4 is 5.32 Å². The maximum absolute atomic E-state index is 12.5. The molecule has 0 saturated heterocycles. The van der Waals surface area contributed by atoms with Gasteiger partial charge in [0.15, 0.2) is 0 Å². The van der Waals surface area contributed by atoms with Crippen molar-refractivity contribution in [3.63, 3.8) is 0 Å². The van der Waals surface area contributed by atoms with Crippen molar-refractivity contribution in [1.82, 2.24) is 19.4 Å². The van der Waals surface area contributed by atoms with E-state index in [4.69, 9.17) is 21.3 Å². The smallest absolute Gasteiger partial charge is 0.410 e. The molecule has 1 aliphatic carbocycles. The van der Waals surface area contributed by atoms with Gasteiger partial charge in [-0.05, 0) is 52.5 Å². The number of carbonyl (C=O) groups excluding carboxylic acids is 1. The number of aryl methyl sites for hydroxylation is 1. The number of benzene rings is 1. The fourth-order valence-electron chi connectivity index (χ4n) is 4.47. The van der Waals surface area contributed by atoms with Crippen molar-refractivity contribution in [2.24, 2.45) is 7.05 Å². The standard InChI is InChI=1S/C25H32ClN5O2/c1-25(2,3)33-24(32)31(5)17-10-8-9-16(13-17)28-23-27-14-20(26)22(29-23)19-15-30(4)21-12-7-6-11-18(19)21/h6-7,11-12,14-17H,8-10,13H2,1-5H3,(H,27,28,29)/t16-,17+/m1/s1. The molecule has 1 aromatic carbocycles. The van der Waals surface area contributed by atoms with Crippen molar-refractivity contribution < 1.29 is 9.53 Å². The van der Waals surface area contributed by atoms with Crippen LogP contribution in [0.1, 0.15) is 46.5 Å². The van der Waals surface area contributed by atoms with Gasteiger partial charge in [0.05, 0.1) is 16.9 Å². The lowest BCUT2D eigenvalue weighted by Crippen LogP contribution is -2.45. The molecule has 2 heterocycles. The third-order valence-electron chi connectivity index (χ3n) is 6.11. The van der Waals surface area contributed by atoms with Crippen LogP contribution in [0.15, 0.2) is 36.7 Å². The highest BCUT2D eigenvalue weighted by Gasteiger charge is 2.30. The molecule has 33 heavy (non-hydrogen) atoms. The molecule has 1 amide bonds. The Kier molecular flexibility index (Phi) is 6.52. The predicted octanol–water partition coefficient (Wildman–Crippen LogP) is 5.88. The quantitative estimate of drug-likeness (QED) is 0.516. The first kappa shape index (κ1) is 23.4. The number of para-hydroxylation sites is 1. The largest absolute Gasteiger partial charge is 0.444 e. The average Bonchev–Trinajstić information content (AvgIpc) is 3.10. The molecule has 1 fully saturated rings. The second-order valence-electron chi connectivity index (χ2n) is 9.81. The summed E-state index contributed by atoms with van der Waals surface area (Å²) in [5.74, 6) is 0.549. The van der Waals surface area contributed by atoms with E-state index in [2.05, 4.69) is 33.2 Å². The van der Waals surface area contributed by atoms with Gasteiger partial charge in [-0.1, -0.05) is 29.8 Å². The molecule has 2 aromatic heterocycles. The van der Waals surface area contributed by atoms with Crippen molar-refractivity contribution in [3.8, 4) is 11.3 Å². The van der Waals surface area contributed by atoms with Crippen molar-refractivity contribution in [2.75, 3.05) is 12.4 Å². The highest BCUT2D eigenvalue weighted by molar-refractivity contribution is 6.33. The summed E-state index contributed by atoms with van der Waals surface area (Å²) in [4.78, 5) is 23.5. The number of nitrogens with one attached hydrogen (secondary N) is 1. The van der Waals surface area contributed by atoms with E-state index in [1.165, 1.54) is 0 Å². The van der Waals surface area contributed by atoms with Crippen LogP contribution in [0.4, 0.5) is 10.7 Å². The van der Waals surface area contributed by atoms with Gasteiger partial charge >= 0.3 is 6.09 Å². The number of halogens is 1. The molecular formula is C25H32ClN5O2. The van der Waals surface area contributed by atoms with Crippen molar-refractivity contribution in [3.05, 3.63) is 41.7 Å². The summed E-state index contributed by atoms with van der Waals surface area (Å²) in [6.07, 6.45) is 7.19. The lowest BCUT2D eigenvalue weighted by molar-refractivity contribution is 0.0184.